The number of fused-ring (bicyclic) bond motifs is 1. The van der Waals surface area contributed by atoms with E-state index >= 15 is 0 Å². The molecular formula is C22H30O7. The molecule has 1 heterocycles. The number of aliphatic carboxylic acids is 1. The second-order valence-corrected chi connectivity index (χ2v) is 7.89. The van der Waals surface area contributed by atoms with Crippen molar-refractivity contribution in [2.45, 2.75) is 69.5 Å². The highest BCUT2D eigenvalue weighted by Crippen LogP contribution is 2.40. The molecule has 0 amide bonds. The van der Waals surface area contributed by atoms with Crippen LogP contribution in [-0.4, -0.2) is 51.0 Å². The fraction of sp³-hybridized carbons (Fsp3) is 0.591. The summed E-state index contributed by atoms with van der Waals surface area (Å²) < 4.78 is 11.3. The minimum Gasteiger partial charge on any atom is -0.481 e. The molecule has 5 atom stereocenters. The number of aliphatic hydroxyl groups excluding tert-OH is 3. The molecule has 7 nitrogen and oxygen atoms in total. The van der Waals surface area contributed by atoms with E-state index in [4.69, 9.17) is 14.6 Å². The molecule has 0 unspecified atom stereocenters. The van der Waals surface area contributed by atoms with Crippen LogP contribution < -0.4 is 9.47 Å². The molecule has 0 radical (unpaired) electrons. The van der Waals surface area contributed by atoms with Crippen LogP contribution >= 0.6 is 0 Å². The van der Waals surface area contributed by atoms with Gasteiger partial charge in [-0.1, -0.05) is 24.3 Å². The van der Waals surface area contributed by atoms with E-state index in [9.17, 15) is 20.1 Å². The molecular weight excluding hydrogens is 376 g/mol. The van der Waals surface area contributed by atoms with Crippen molar-refractivity contribution >= 4 is 5.97 Å². The van der Waals surface area contributed by atoms with Gasteiger partial charge in [-0.15, -0.1) is 0 Å². The number of para-hydroxylation sites is 2. The van der Waals surface area contributed by atoms with Crippen LogP contribution in [0.1, 0.15) is 44.9 Å². The van der Waals surface area contributed by atoms with Crippen molar-refractivity contribution < 1.29 is 34.7 Å². The number of carboxylic acid groups (broad SMARTS) is 1. The van der Waals surface area contributed by atoms with Crippen molar-refractivity contribution in [3.05, 3.63) is 36.4 Å². The number of unbranched alkanes of at least 4 members (excludes halogenated alkanes) is 1. The van der Waals surface area contributed by atoms with Crippen molar-refractivity contribution in [3.63, 3.8) is 0 Å². The lowest BCUT2D eigenvalue weighted by Gasteiger charge is -2.24. The summed E-state index contributed by atoms with van der Waals surface area (Å²) in [6.07, 6.45) is 4.41. The van der Waals surface area contributed by atoms with E-state index in [0.29, 0.717) is 50.0 Å². The van der Waals surface area contributed by atoms with Gasteiger partial charge in [0.15, 0.2) is 11.5 Å². The van der Waals surface area contributed by atoms with E-state index in [0.717, 1.165) is 0 Å². The zero-order chi connectivity index (χ0) is 20.8. The Hall–Kier alpha value is -2.09. The van der Waals surface area contributed by atoms with Gasteiger partial charge in [0.05, 0.1) is 12.2 Å². The second-order valence-electron chi connectivity index (χ2n) is 7.89. The first-order valence-corrected chi connectivity index (χ1v) is 10.3. The molecule has 7 heteroatoms. The van der Waals surface area contributed by atoms with Crippen molar-refractivity contribution in [3.8, 4) is 11.5 Å². The molecule has 1 saturated carbocycles. The lowest BCUT2D eigenvalue weighted by atomic mass is 9.86. The molecule has 1 aromatic rings. The predicted molar refractivity (Wildman–Crippen MR) is 106 cm³/mol. The van der Waals surface area contributed by atoms with Crippen LogP contribution in [0.15, 0.2) is 36.4 Å². The summed E-state index contributed by atoms with van der Waals surface area (Å²) >= 11 is 0. The van der Waals surface area contributed by atoms with E-state index in [2.05, 4.69) is 0 Å². The summed E-state index contributed by atoms with van der Waals surface area (Å²) in [5, 5.41) is 39.8. The first-order chi connectivity index (χ1) is 14.0. The Balaban J connectivity index is 1.46. The van der Waals surface area contributed by atoms with Crippen LogP contribution in [0, 0.1) is 11.8 Å². The second kappa shape index (κ2) is 10.1. The van der Waals surface area contributed by atoms with Gasteiger partial charge in [0, 0.05) is 6.42 Å². The van der Waals surface area contributed by atoms with Crippen molar-refractivity contribution in [1.82, 2.24) is 0 Å². The molecule has 0 saturated heterocycles. The zero-order valence-electron chi connectivity index (χ0n) is 16.4. The van der Waals surface area contributed by atoms with E-state index in [1.807, 2.05) is 24.3 Å². The van der Waals surface area contributed by atoms with Gasteiger partial charge in [0.25, 0.3) is 6.29 Å². The Morgan fingerprint density at radius 1 is 1.10 bits per heavy atom. The molecule has 0 bridgehead atoms. The minimum absolute atomic E-state index is 0.0875. The number of carboxylic acids is 1. The number of hydrogen-bond acceptors (Lipinski definition) is 6. The number of ether oxygens (including phenoxy) is 2. The van der Waals surface area contributed by atoms with Crippen molar-refractivity contribution in [2.75, 3.05) is 0 Å². The summed E-state index contributed by atoms with van der Waals surface area (Å²) in [6.45, 7) is 0. The molecule has 0 spiro atoms. The van der Waals surface area contributed by atoms with Gasteiger partial charge >= 0.3 is 5.97 Å². The summed E-state index contributed by atoms with van der Waals surface area (Å²) in [5.41, 5.74) is 0. The highest BCUT2D eigenvalue weighted by Gasteiger charge is 2.41. The largest absolute Gasteiger partial charge is 0.481 e. The van der Waals surface area contributed by atoms with Gasteiger partial charge < -0.3 is 29.9 Å². The number of hydrogen-bond donors (Lipinski definition) is 4. The maximum atomic E-state index is 10.5. The average molecular weight is 406 g/mol. The van der Waals surface area contributed by atoms with Gasteiger partial charge in [-0.2, -0.15) is 0 Å². The van der Waals surface area contributed by atoms with Crippen LogP contribution in [0.3, 0.4) is 0 Å². The molecule has 0 aromatic heterocycles. The Kier molecular flexibility index (Phi) is 7.52. The Labute approximate surface area is 170 Å². The monoisotopic (exact) mass is 406 g/mol. The topological polar surface area (TPSA) is 116 Å². The fourth-order valence-corrected chi connectivity index (χ4v) is 4.22. The number of carbonyl (C=O) groups is 1. The molecule has 1 aliphatic carbocycles. The van der Waals surface area contributed by atoms with Crippen molar-refractivity contribution in [2.24, 2.45) is 11.8 Å². The molecule has 2 aliphatic rings. The van der Waals surface area contributed by atoms with E-state index in [1.165, 1.54) is 0 Å². The van der Waals surface area contributed by atoms with Crippen LogP contribution in [0.25, 0.3) is 0 Å². The third-order valence-corrected chi connectivity index (χ3v) is 5.80. The first-order valence-electron chi connectivity index (χ1n) is 10.3. The van der Waals surface area contributed by atoms with Crippen LogP contribution in [-0.2, 0) is 4.79 Å². The predicted octanol–water partition coefficient (Wildman–Crippen LogP) is 2.48. The van der Waals surface area contributed by atoms with Gasteiger partial charge in [0.1, 0.15) is 6.10 Å². The fourth-order valence-electron chi connectivity index (χ4n) is 4.22. The van der Waals surface area contributed by atoms with Gasteiger partial charge in [-0.25, -0.2) is 0 Å². The van der Waals surface area contributed by atoms with Crippen LogP contribution in [0.2, 0.25) is 0 Å². The Morgan fingerprint density at radius 3 is 2.41 bits per heavy atom. The summed E-state index contributed by atoms with van der Waals surface area (Å²) in [4.78, 5) is 10.5. The molecule has 160 valence electrons. The highest BCUT2D eigenvalue weighted by atomic mass is 16.7. The van der Waals surface area contributed by atoms with Gasteiger partial charge in [0.2, 0.25) is 0 Å². The minimum atomic E-state index is -0.834. The van der Waals surface area contributed by atoms with Gasteiger partial charge in [-0.05, 0) is 62.5 Å². The summed E-state index contributed by atoms with van der Waals surface area (Å²) in [5.74, 6) is 0.213. The molecule has 29 heavy (non-hydrogen) atoms. The summed E-state index contributed by atoms with van der Waals surface area (Å²) in [7, 11) is 0. The maximum absolute atomic E-state index is 10.5. The number of aliphatic hydroxyl groups is 3. The molecule has 3 rings (SSSR count). The lowest BCUT2D eigenvalue weighted by Crippen LogP contribution is -2.34. The van der Waals surface area contributed by atoms with Crippen molar-refractivity contribution in [1.29, 1.82) is 0 Å². The summed E-state index contributed by atoms with van der Waals surface area (Å²) in [6, 6.07) is 7.26. The SMILES string of the molecule is O=C(O)CCC/C=C\C[C@@H]1[C@@H](CC[C@@H](O)C2Oc3ccccc3O2)[C@H](O)C[C@@H]1O. The van der Waals surface area contributed by atoms with Crippen LogP contribution in [0.5, 0.6) is 11.5 Å². The Bertz CT molecular complexity index is 679. The lowest BCUT2D eigenvalue weighted by molar-refractivity contribution is -0.137. The average Bonchev–Trinajstić information content (AvgIpc) is 3.23. The number of rotatable bonds is 10. The van der Waals surface area contributed by atoms with E-state index in [-0.39, 0.29) is 18.3 Å². The maximum Gasteiger partial charge on any atom is 0.303 e. The van der Waals surface area contributed by atoms with Crippen LogP contribution in [0.4, 0.5) is 0 Å². The highest BCUT2D eigenvalue weighted by molar-refractivity contribution is 5.66. The van der Waals surface area contributed by atoms with E-state index < -0.39 is 30.6 Å². The molecule has 1 aliphatic heterocycles. The molecule has 4 N–H and O–H groups in total. The quantitative estimate of drug-likeness (QED) is 0.348. The van der Waals surface area contributed by atoms with E-state index in [1.54, 1.807) is 12.1 Å². The number of benzene rings is 1. The Morgan fingerprint density at radius 2 is 1.76 bits per heavy atom. The molecule has 1 fully saturated rings. The zero-order valence-corrected chi connectivity index (χ0v) is 16.4. The van der Waals surface area contributed by atoms with Gasteiger partial charge in [-0.3, -0.25) is 4.79 Å². The standard InChI is InChI=1S/C22H30O7/c23-16(22-28-19-8-5-6-9-20(19)29-22)12-11-15-14(17(24)13-18(15)25)7-3-1-2-4-10-21(26)27/h1,3,5-6,8-9,14-18,22-25H,2,4,7,10-13H2,(H,26,27)/b3-1-/t14-,15-,16-,17+,18-/m1/s1. The smallest absolute Gasteiger partial charge is 0.303 e. The number of allylic oxidation sites excluding steroid dienone is 2. The molecule has 1 aromatic carbocycles. The first kappa shape index (κ1) is 21.6. The third kappa shape index (κ3) is 5.72. The third-order valence-electron chi connectivity index (χ3n) is 5.80. The normalized spacial score (nSPS) is 27.6.